The van der Waals surface area contributed by atoms with E-state index in [1.54, 1.807) is 6.92 Å². The van der Waals surface area contributed by atoms with Crippen LogP contribution in [-0.2, 0) is 29.3 Å². The number of likely N-dealkylation sites (N-methyl/N-ethyl adjacent to an activating group) is 1. The molecule has 0 aliphatic carbocycles. The van der Waals surface area contributed by atoms with Crippen LogP contribution in [-0.4, -0.2) is 116 Å². The maximum Gasteiger partial charge on any atom is 0.356 e. The lowest BCUT2D eigenvalue weighted by molar-refractivity contribution is -0.873. The molecule has 13 nitrogen and oxygen atoms in total. The molecule has 0 aromatic rings. The average Bonchev–Trinajstić information content (AvgIpc) is 3.25. The van der Waals surface area contributed by atoms with E-state index in [4.69, 9.17) is 9.88 Å². The highest BCUT2D eigenvalue weighted by Gasteiger charge is 2.60. The van der Waals surface area contributed by atoms with Gasteiger partial charge in [-0.2, -0.15) is 8.42 Å². The number of rotatable bonds is 12. The largest absolute Gasteiger partial charge is 0.481 e. The number of carboxylic acid groups (broad SMARTS) is 1. The summed E-state index contributed by atoms with van der Waals surface area (Å²) in [7, 11) is 1.76. The van der Waals surface area contributed by atoms with Gasteiger partial charge in [-0.05, 0) is 13.3 Å². The second-order valence-corrected chi connectivity index (χ2v) is 13.8. The lowest BCUT2D eigenvalue weighted by Gasteiger charge is -2.46. The number of nitrogens with one attached hydrogen (secondary N) is 2. The highest BCUT2D eigenvalue weighted by atomic mass is 32.2. The van der Waals surface area contributed by atoms with Crippen molar-refractivity contribution < 1.29 is 42.2 Å². The predicted octanol–water partition coefficient (Wildman–Crippen LogP) is -1.59. The van der Waals surface area contributed by atoms with Gasteiger partial charge >= 0.3 is 11.9 Å². The Labute approximate surface area is 221 Å². The number of aliphatic hydroxyl groups is 1. The first-order valence-electron chi connectivity index (χ1n) is 12.1. The first-order valence-corrected chi connectivity index (χ1v) is 14.6. The number of carbonyl (C=O) groups excluding carboxylic acids is 2. The summed E-state index contributed by atoms with van der Waals surface area (Å²) < 4.78 is 30.8. The van der Waals surface area contributed by atoms with Gasteiger partial charge in [-0.3, -0.25) is 9.59 Å². The van der Waals surface area contributed by atoms with Crippen LogP contribution in [0.3, 0.4) is 0 Å². The Kier molecular flexibility index (Phi) is 8.99. The SMILES string of the molecule is C[C@@H](O)[C@H]1C(=O)N2C(C(=O)OC(CC(=O)O)C[N+](C)(C)C)=C(S[C@@H]3CN[C@H](CNS(N)(=O)=O)C3)[C@H](C)[C@H]12. The predicted molar refractivity (Wildman–Crippen MR) is 136 cm³/mol. The standard InChI is InChI=1S/C22H37N5O8S2/c1-11-18-17(12(2)28)21(31)26(18)19(22(32)35-14(7-16(29)30)10-27(3,4)5)20(11)36-15-6-13(24-9-15)8-25-37(23,33)34/h11-15,17-18,24-25,28H,6-10H2,1-5H3,(H2-,23,29,30,33,34)/p+1/t11-,12-,13+,14?,15+,17-,18-/m1/s1. The van der Waals surface area contributed by atoms with Crippen molar-refractivity contribution in [2.45, 2.75) is 56.2 Å². The molecule has 0 aromatic carbocycles. The molecule has 0 saturated carbocycles. The summed E-state index contributed by atoms with van der Waals surface area (Å²) in [5.41, 5.74) is 0.104. The first kappa shape index (κ1) is 29.8. The molecule has 0 spiro atoms. The minimum Gasteiger partial charge on any atom is -0.481 e. The van der Waals surface area contributed by atoms with E-state index < -0.39 is 46.3 Å². The number of nitrogens with two attached hydrogens (primary N) is 1. The number of aliphatic hydroxyl groups excluding tert-OH is 1. The molecule has 3 heterocycles. The molecule has 7 atom stereocenters. The van der Waals surface area contributed by atoms with Crippen LogP contribution in [0, 0.1) is 11.8 Å². The minimum atomic E-state index is -3.82. The Morgan fingerprint density at radius 1 is 1.35 bits per heavy atom. The Hall–Kier alpha value is -1.75. The smallest absolute Gasteiger partial charge is 0.356 e. The third kappa shape index (κ3) is 7.22. The molecular weight excluding hydrogens is 526 g/mol. The number of aliphatic carboxylic acids is 1. The Morgan fingerprint density at radius 2 is 2.00 bits per heavy atom. The van der Waals surface area contributed by atoms with Crippen LogP contribution >= 0.6 is 11.8 Å². The minimum absolute atomic E-state index is 0.0209. The van der Waals surface area contributed by atoms with Gasteiger partial charge in [0.05, 0.1) is 45.6 Å². The third-order valence-corrected chi connectivity index (χ3v) is 8.82. The maximum atomic E-state index is 13.5. The van der Waals surface area contributed by atoms with Gasteiger partial charge in [0.15, 0.2) is 6.10 Å². The van der Waals surface area contributed by atoms with E-state index in [1.165, 1.54) is 16.7 Å². The maximum absolute atomic E-state index is 13.5. The number of nitrogens with zero attached hydrogens (tertiary/aromatic N) is 2. The van der Waals surface area contributed by atoms with Crippen molar-refractivity contribution in [2.24, 2.45) is 17.0 Å². The number of fused-ring (bicyclic) bond motifs is 1. The summed E-state index contributed by atoms with van der Waals surface area (Å²) in [5, 5.41) is 27.8. The van der Waals surface area contributed by atoms with Crippen molar-refractivity contribution in [2.75, 3.05) is 40.8 Å². The number of carboxylic acids is 1. The van der Waals surface area contributed by atoms with E-state index >= 15 is 0 Å². The summed E-state index contributed by atoms with van der Waals surface area (Å²) in [5.74, 6) is -3.12. The second-order valence-electron chi connectivity index (χ2n) is 11.0. The molecule has 6 N–H and O–H groups in total. The van der Waals surface area contributed by atoms with Gasteiger partial charge in [-0.15, -0.1) is 11.8 Å². The van der Waals surface area contributed by atoms with Gasteiger partial charge in [0.2, 0.25) is 5.91 Å². The Morgan fingerprint density at radius 3 is 2.54 bits per heavy atom. The molecule has 0 bridgehead atoms. The molecule has 2 fully saturated rings. The average molecular weight is 565 g/mol. The number of amides is 1. The molecule has 0 radical (unpaired) electrons. The summed E-state index contributed by atoms with van der Waals surface area (Å²) in [4.78, 5) is 39.9. The number of hydrogen-bond donors (Lipinski definition) is 5. The zero-order valence-electron chi connectivity index (χ0n) is 21.7. The van der Waals surface area contributed by atoms with Crippen molar-refractivity contribution in [1.82, 2.24) is 14.9 Å². The van der Waals surface area contributed by atoms with Crippen molar-refractivity contribution >= 4 is 39.8 Å². The Bertz CT molecular complexity index is 1060. The van der Waals surface area contributed by atoms with Gasteiger partial charge in [-0.1, -0.05) is 6.92 Å². The van der Waals surface area contributed by atoms with Crippen molar-refractivity contribution in [3.8, 4) is 0 Å². The van der Waals surface area contributed by atoms with E-state index in [9.17, 15) is 33.0 Å². The van der Waals surface area contributed by atoms with Gasteiger partial charge < -0.3 is 29.6 Å². The third-order valence-electron chi connectivity index (χ3n) is 6.74. The normalized spacial score (nSPS) is 29.6. The van der Waals surface area contributed by atoms with Gasteiger partial charge in [0, 0.05) is 35.2 Å². The van der Waals surface area contributed by atoms with Crippen LogP contribution in [0.15, 0.2) is 10.6 Å². The van der Waals surface area contributed by atoms with Crippen LogP contribution in [0.5, 0.6) is 0 Å². The Balaban J connectivity index is 1.84. The van der Waals surface area contributed by atoms with Crippen molar-refractivity contribution in [3.05, 3.63) is 10.6 Å². The fourth-order valence-electron chi connectivity index (χ4n) is 5.25. The van der Waals surface area contributed by atoms with Crippen LogP contribution in [0.2, 0.25) is 0 Å². The molecule has 3 rings (SSSR count). The summed E-state index contributed by atoms with van der Waals surface area (Å²) in [6, 6.07) is -0.556. The molecule has 2 saturated heterocycles. The number of β-lactam (4-membered cyclic amide) rings is 1. The zero-order valence-corrected chi connectivity index (χ0v) is 23.3. The number of esters is 1. The van der Waals surface area contributed by atoms with Crippen LogP contribution in [0.25, 0.3) is 0 Å². The molecule has 1 amide bonds. The number of carbonyl (C=O) groups is 3. The molecule has 3 aliphatic heterocycles. The lowest BCUT2D eigenvalue weighted by atomic mass is 9.79. The van der Waals surface area contributed by atoms with Gasteiger partial charge in [-0.25, -0.2) is 14.7 Å². The van der Waals surface area contributed by atoms with E-state index in [0.29, 0.717) is 22.4 Å². The first-order chi connectivity index (χ1) is 17.0. The molecule has 15 heteroatoms. The van der Waals surface area contributed by atoms with Crippen molar-refractivity contribution in [1.29, 1.82) is 0 Å². The quantitative estimate of drug-likeness (QED) is 0.105. The molecule has 210 valence electrons. The van der Waals surface area contributed by atoms with Gasteiger partial charge in [0.25, 0.3) is 10.2 Å². The fourth-order valence-corrected chi connectivity index (χ4v) is 7.20. The molecule has 3 aliphatic rings. The topological polar surface area (TPSA) is 188 Å². The number of quaternary nitrogens is 1. The second kappa shape index (κ2) is 11.2. The highest BCUT2D eigenvalue weighted by molar-refractivity contribution is 8.03. The van der Waals surface area contributed by atoms with E-state index in [0.717, 1.165) is 0 Å². The molecule has 1 unspecified atom stereocenters. The number of thioether (sulfide) groups is 1. The lowest BCUT2D eigenvalue weighted by Crippen LogP contribution is -2.63. The summed E-state index contributed by atoms with van der Waals surface area (Å²) >= 11 is 1.43. The van der Waals surface area contributed by atoms with Crippen LogP contribution in [0.1, 0.15) is 26.7 Å². The molecular formula is C22H38N5O8S2+. The van der Waals surface area contributed by atoms with E-state index in [-0.39, 0.29) is 48.3 Å². The number of hydrogen-bond acceptors (Lipinski definition) is 9. The molecule has 0 aromatic heterocycles. The van der Waals surface area contributed by atoms with E-state index in [2.05, 4.69) is 10.0 Å². The zero-order chi connectivity index (χ0) is 27.9. The van der Waals surface area contributed by atoms with Gasteiger partial charge in [0.1, 0.15) is 12.2 Å². The summed E-state index contributed by atoms with van der Waals surface area (Å²) in [6.45, 7) is 4.37. The summed E-state index contributed by atoms with van der Waals surface area (Å²) in [6.07, 6.45) is -1.57. The van der Waals surface area contributed by atoms with E-state index in [1.807, 2.05) is 28.1 Å². The fraction of sp³-hybridized carbons (Fsp3) is 0.773. The van der Waals surface area contributed by atoms with Crippen LogP contribution < -0.4 is 15.2 Å². The molecule has 37 heavy (non-hydrogen) atoms. The highest BCUT2D eigenvalue weighted by Crippen LogP contribution is 2.52. The number of ether oxygens (including phenoxy) is 1. The van der Waals surface area contributed by atoms with Crippen LogP contribution in [0.4, 0.5) is 0 Å². The monoisotopic (exact) mass is 564 g/mol. The van der Waals surface area contributed by atoms with Crippen molar-refractivity contribution in [3.63, 3.8) is 0 Å².